The molecule has 8 heteroatoms. The van der Waals surface area contributed by atoms with E-state index in [2.05, 4.69) is 5.32 Å². The monoisotopic (exact) mass is 394 g/mol. The van der Waals surface area contributed by atoms with E-state index in [1.165, 1.54) is 28.6 Å². The number of carbonyl (C=O) groups excluding carboxylic acids is 1. The lowest BCUT2D eigenvalue weighted by molar-refractivity contribution is -0.148. The van der Waals surface area contributed by atoms with Gasteiger partial charge in [0.15, 0.2) is 0 Å². The van der Waals surface area contributed by atoms with Crippen LogP contribution < -0.4 is 5.32 Å². The first-order valence-corrected chi connectivity index (χ1v) is 10.7. The van der Waals surface area contributed by atoms with Crippen molar-refractivity contribution in [3.05, 3.63) is 29.8 Å². The van der Waals surface area contributed by atoms with Gasteiger partial charge in [-0.2, -0.15) is 4.31 Å². The van der Waals surface area contributed by atoms with E-state index in [1.54, 1.807) is 0 Å². The summed E-state index contributed by atoms with van der Waals surface area (Å²) in [4.78, 5) is 24.0. The summed E-state index contributed by atoms with van der Waals surface area (Å²) < 4.78 is 27.5. The summed E-state index contributed by atoms with van der Waals surface area (Å²) in [6.07, 6.45) is 2.50. The van der Waals surface area contributed by atoms with Crippen molar-refractivity contribution in [2.75, 3.05) is 13.1 Å². The van der Waals surface area contributed by atoms with Gasteiger partial charge in [-0.15, -0.1) is 0 Å². The molecule has 1 aliphatic heterocycles. The molecule has 1 aliphatic carbocycles. The molecule has 1 aromatic carbocycles. The first-order chi connectivity index (χ1) is 12.6. The average molecular weight is 394 g/mol. The van der Waals surface area contributed by atoms with Crippen LogP contribution in [0.3, 0.4) is 0 Å². The molecule has 2 N–H and O–H groups in total. The van der Waals surface area contributed by atoms with Crippen LogP contribution in [0.25, 0.3) is 0 Å². The molecule has 2 fully saturated rings. The SMILES string of the molecule is CC1CC(C)CN(S(=O)(=O)c2cccc(C(=O)NC3(C(=O)O)CCC3)c2)C1. The van der Waals surface area contributed by atoms with E-state index in [4.69, 9.17) is 0 Å². The molecule has 0 radical (unpaired) electrons. The zero-order valence-corrected chi connectivity index (χ0v) is 16.5. The number of rotatable bonds is 5. The van der Waals surface area contributed by atoms with Crippen molar-refractivity contribution >= 4 is 21.9 Å². The Labute approximate surface area is 159 Å². The molecule has 2 atom stereocenters. The number of carbonyl (C=O) groups is 2. The maximum Gasteiger partial charge on any atom is 0.329 e. The van der Waals surface area contributed by atoms with Gasteiger partial charge in [-0.05, 0) is 55.7 Å². The third kappa shape index (κ3) is 3.87. The fraction of sp³-hybridized carbons (Fsp3) is 0.579. The van der Waals surface area contributed by atoms with Crippen LogP contribution in [-0.2, 0) is 14.8 Å². The maximum absolute atomic E-state index is 13.0. The lowest BCUT2D eigenvalue weighted by Crippen LogP contribution is -2.59. The number of benzene rings is 1. The highest BCUT2D eigenvalue weighted by Gasteiger charge is 2.45. The van der Waals surface area contributed by atoms with Crippen LogP contribution in [0.1, 0.15) is 49.9 Å². The Kier molecular flexibility index (Phi) is 5.31. The summed E-state index contributed by atoms with van der Waals surface area (Å²) in [6.45, 7) is 4.99. The van der Waals surface area contributed by atoms with Crippen LogP contribution >= 0.6 is 0 Å². The minimum Gasteiger partial charge on any atom is -0.480 e. The molecule has 1 saturated carbocycles. The van der Waals surface area contributed by atoms with E-state index in [-0.39, 0.29) is 22.3 Å². The molecule has 1 saturated heterocycles. The quantitative estimate of drug-likeness (QED) is 0.796. The van der Waals surface area contributed by atoms with Crippen molar-refractivity contribution in [3.8, 4) is 0 Å². The Hall–Kier alpha value is -1.93. The number of nitrogens with one attached hydrogen (secondary N) is 1. The molecule has 1 heterocycles. The van der Waals surface area contributed by atoms with E-state index in [1.807, 2.05) is 13.8 Å². The minimum atomic E-state index is -3.70. The van der Waals surface area contributed by atoms with Gasteiger partial charge in [-0.25, -0.2) is 13.2 Å². The smallest absolute Gasteiger partial charge is 0.329 e. The Morgan fingerprint density at radius 3 is 2.33 bits per heavy atom. The Morgan fingerprint density at radius 2 is 1.81 bits per heavy atom. The second-order valence-electron chi connectivity index (χ2n) is 7.99. The zero-order valence-electron chi connectivity index (χ0n) is 15.6. The first kappa shape index (κ1) is 19.8. The molecule has 2 aliphatic rings. The molecule has 3 rings (SSSR count). The lowest BCUT2D eigenvalue weighted by Gasteiger charge is -2.38. The molecule has 0 aromatic heterocycles. The number of hydrogen-bond donors (Lipinski definition) is 2. The Balaban J connectivity index is 1.82. The average Bonchev–Trinajstić information content (AvgIpc) is 2.56. The fourth-order valence-electron chi connectivity index (χ4n) is 3.96. The maximum atomic E-state index is 13.0. The molecule has 7 nitrogen and oxygen atoms in total. The first-order valence-electron chi connectivity index (χ1n) is 9.30. The lowest BCUT2D eigenvalue weighted by atomic mass is 9.76. The van der Waals surface area contributed by atoms with E-state index in [0.29, 0.717) is 25.9 Å². The number of nitrogens with zero attached hydrogens (tertiary/aromatic N) is 1. The van der Waals surface area contributed by atoms with Crippen LogP contribution in [0.4, 0.5) is 0 Å². The molecular weight excluding hydrogens is 368 g/mol. The van der Waals surface area contributed by atoms with Gasteiger partial charge in [0.1, 0.15) is 5.54 Å². The second-order valence-corrected chi connectivity index (χ2v) is 9.93. The molecule has 27 heavy (non-hydrogen) atoms. The molecule has 148 valence electrons. The van der Waals surface area contributed by atoms with E-state index >= 15 is 0 Å². The Morgan fingerprint density at radius 1 is 1.19 bits per heavy atom. The van der Waals surface area contributed by atoms with Gasteiger partial charge >= 0.3 is 5.97 Å². The number of carboxylic acid groups (broad SMARTS) is 1. The number of sulfonamides is 1. The standard InChI is InChI=1S/C19H26N2O5S/c1-13-9-14(2)12-21(11-13)27(25,26)16-6-3-5-15(10-16)17(22)20-19(18(23)24)7-4-8-19/h3,5-6,10,13-14H,4,7-9,11-12H2,1-2H3,(H,20,22)(H,23,24). The van der Waals surface area contributed by atoms with Crippen LogP contribution in [0, 0.1) is 11.8 Å². The largest absolute Gasteiger partial charge is 0.480 e. The number of hydrogen-bond acceptors (Lipinski definition) is 4. The summed E-state index contributed by atoms with van der Waals surface area (Å²) >= 11 is 0. The van der Waals surface area contributed by atoms with Crippen molar-refractivity contribution in [1.29, 1.82) is 0 Å². The van der Waals surface area contributed by atoms with Crippen molar-refractivity contribution in [1.82, 2.24) is 9.62 Å². The topological polar surface area (TPSA) is 104 Å². The van der Waals surface area contributed by atoms with E-state index in [9.17, 15) is 23.1 Å². The number of amides is 1. The van der Waals surface area contributed by atoms with Gasteiger partial charge in [0.05, 0.1) is 4.90 Å². The molecule has 2 unspecified atom stereocenters. The third-order valence-corrected chi connectivity index (χ3v) is 7.37. The van der Waals surface area contributed by atoms with Crippen molar-refractivity contribution in [2.45, 2.75) is 50.0 Å². The predicted molar refractivity (Wildman–Crippen MR) is 99.8 cm³/mol. The number of carboxylic acids is 1. The minimum absolute atomic E-state index is 0.0643. The van der Waals surface area contributed by atoms with Crippen LogP contribution in [-0.4, -0.2) is 48.3 Å². The van der Waals surface area contributed by atoms with Gasteiger partial charge in [0, 0.05) is 18.7 Å². The fourth-order valence-corrected chi connectivity index (χ4v) is 5.69. The summed E-state index contributed by atoms with van der Waals surface area (Å²) in [5.41, 5.74) is -1.08. The highest BCUT2D eigenvalue weighted by molar-refractivity contribution is 7.89. The van der Waals surface area contributed by atoms with Gasteiger partial charge in [-0.1, -0.05) is 19.9 Å². The highest BCUT2D eigenvalue weighted by atomic mass is 32.2. The summed E-state index contributed by atoms with van der Waals surface area (Å²) in [5.74, 6) is -1.05. The second kappa shape index (κ2) is 7.24. The number of piperidine rings is 1. The van der Waals surface area contributed by atoms with Crippen LogP contribution in [0.2, 0.25) is 0 Å². The third-order valence-electron chi connectivity index (χ3n) is 5.54. The van der Waals surface area contributed by atoms with Gasteiger partial charge in [0.25, 0.3) is 5.91 Å². The predicted octanol–water partition coefficient (Wildman–Crippen LogP) is 2.09. The van der Waals surface area contributed by atoms with Crippen molar-refractivity contribution < 1.29 is 23.1 Å². The van der Waals surface area contributed by atoms with Gasteiger partial charge in [-0.3, -0.25) is 4.79 Å². The molecule has 0 bridgehead atoms. The van der Waals surface area contributed by atoms with Crippen LogP contribution in [0.15, 0.2) is 29.2 Å². The summed E-state index contributed by atoms with van der Waals surface area (Å²) in [5, 5.41) is 11.9. The van der Waals surface area contributed by atoms with Crippen LogP contribution in [0.5, 0.6) is 0 Å². The molecule has 0 spiro atoms. The van der Waals surface area contributed by atoms with E-state index < -0.39 is 27.4 Å². The molecular formula is C19H26N2O5S. The van der Waals surface area contributed by atoms with Crippen molar-refractivity contribution in [2.24, 2.45) is 11.8 Å². The molecule has 1 amide bonds. The summed E-state index contributed by atoms with van der Waals surface area (Å²) in [7, 11) is -3.70. The van der Waals surface area contributed by atoms with E-state index in [0.717, 1.165) is 12.8 Å². The summed E-state index contributed by atoms with van der Waals surface area (Å²) in [6, 6.07) is 5.84. The Bertz CT molecular complexity index is 837. The highest BCUT2D eigenvalue weighted by Crippen LogP contribution is 2.32. The van der Waals surface area contributed by atoms with Crippen molar-refractivity contribution in [3.63, 3.8) is 0 Å². The zero-order chi connectivity index (χ0) is 19.8. The van der Waals surface area contributed by atoms with Gasteiger partial charge in [0.2, 0.25) is 10.0 Å². The van der Waals surface area contributed by atoms with Gasteiger partial charge < -0.3 is 10.4 Å². The molecule has 1 aromatic rings. The normalized spacial score (nSPS) is 25.4. The number of aliphatic carboxylic acids is 1.